The monoisotopic (exact) mass is 254 g/mol. The second-order valence-corrected chi connectivity index (χ2v) is 5.31. The lowest BCUT2D eigenvalue weighted by atomic mass is 10.4. The minimum Gasteiger partial charge on any atom is -0.382 e. The van der Waals surface area contributed by atoms with E-state index in [9.17, 15) is 0 Å². The van der Waals surface area contributed by atoms with Crippen LogP contribution in [0.3, 0.4) is 0 Å². The van der Waals surface area contributed by atoms with Gasteiger partial charge in [-0.25, -0.2) is 0 Å². The van der Waals surface area contributed by atoms with Crippen LogP contribution in [0.4, 0.5) is 0 Å². The maximum Gasteiger partial charge on any atom is 0.155 e. The molecule has 0 amide bonds. The Balaban J connectivity index is 3.32. The summed E-state index contributed by atoms with van der Waals surface area (Å²) < 4.78 is 21.7. The van der Waals surface area contributed by atoms with Crippen LogP contribution in [0.25, 0.3) is 0 Å². The maximum absolute atomic E-state index is 5.38. The van der Waals surface area contributed by atoms with Crippen LogP contribution in [0.1, 0.15) is 0 Å². The van der Waals surface area contributed by atoms with Crippen LogP contribution < -0.4 is 0 Å². The number of rotatable bonds is 10. The normalized spacial score (nSPS) is 14.8. The van der Waals surface area contributed by atoms with Crippen molar-refractivity contribution in [3.63, 3.8) is 0 Å². The van der Waals surface area contributed by atoms with Crippen molar-refractivity contribution in [1.82, 2.24) is 0 Å². The first kappa shape index (κ1) is 16.2. The lowest BCUT2D eigenvalue weighted by Gasteiger charge is -2.23. The number of ether oxygens (including phenoxy) is 2. The summed E-state index contributed by atoms with van der Waals surface area (Å²) in [6.45, 7) is 2.74. The zero-order valence-corrected chi connectivity index (χ0v) is 12.0. The van der Waals surface area contributed by atoms with Gasteiger partial charge in [-0.1, -0.05) is 0 Å². The quantitative estimate of drug-likeness (QED) is 0.330. The third-order valence-corrected chi connectivity index (χ3v) is 2.54. The summed E-state index contributed by atoms with van der Waals surface area (Å²) in [6, 6.07) is 0. The van der Waals surface area contributed by atoms with Gasteiger partial charge in [-0.2, -0.15) is 0 Å². The van der Waals surface area contributed by atoms with E-state index in [0.717, 1.165) is 11.0 Å². The van der Waals surface area contributed by atoms with Crippen LogP contribution in [-0.2, 0) is 18.5 Å². The summed E-state index contributed by atoms with van der Waals surface area (Å²) in [5, 5.41) is 0. The van der Waals surface area contributed by atoms with Gasteiger partial charge in [0.15, 0.2) is 9.03 Å². The molecule has 0 N–H and O–H groups in total. The molecule has 0 aromatic carbocycles. The summed E-state index contributed by atoms with van der Waals surface area (Å²) in [5.74, 6) is 0. The van der Waals surface area contributed by atoms with Crippen molar-refractivity contribution in [3.05, 3.63) is 0 Å². The molecule has 0 bridgehead atoms. The Morgan fingerprint density at radius 3 is 2.25 bits per heavy atom. The highest BCUT2D eigenvalue weighted by Crippen LogP contribution is 2.14. The molecular weight excluding hydrogens is 229 g/mol. The van der Waals surface area contributed by atoms with Crippen LogP contribution in [0, 0.1) is 0 Å². The molecule has 2 atom stereocenters. The molecule has 0 aromatic heterocycles. The number of nitrogens with zero attached hydrogens (tertiary/aromatic N) is 1. The lowest BCUT2D eigenvalue weighted by Crippen LogP contribution is -2.37. The second-order valence-electron chi connectivity index (χ2n) is 4.57. The van der Waals surface area contributed by atoms with Crippen LogP contribution in [0.2, 0.25) is 0 Å². The van der Waals surface area contributed by atoms with Gasteiger partial charge < -0.3 is 23.0 Å². The third-order valence-electron chi connectivity index (χ3n) is 1.94. The largest absolute Gasteiger partial charge is 0.382 e. The molecule has 0 aliphatic carbocycles. The number of quaternary nitrogens is 1. The van der Waals surface area contributed by atoms with Crippen LogP contribution >= 0.6 is 9.03 Å². The van der Waals surface area contributed by atoms with E-state index in [-0.39, 0.29) is 15.1 Å². The summed E-state index contributed by atoms with van der Waals surface area (Å²) in [5.41, 5.74) is 0. The maximum atomic E-state index is 5.38. The molecule has 0 radical (unpaired) electrons. The molecule has 0 aliphatic rings. The molecule has 0 aromatic rings. The van der Waals surface area contributed by atoms with Gasteiger partial charge in [0, 0.05) is 14.2 Å². The molecule has 0 rings (SSSR count). The fourth-order valence-corrected chi connectivity index (χ4v) is 1.41. The average Bonchev–Trinajstić information content (AvgIpc) is 2.20. The van der Waals surface area contributed by atoms with E-state index >= 15 is 0 Å². The third kappa shape index (κ3) is 10.7. The Kier molecular flexibility index (Phi) is 9.41. The summed E-state index contributed by atoms with van der Waals surface area (Å²) in [4.78, 5) is 0. The van der Waals surface area contributed by atoms with Crippen molar-refractivity contribution in [2.24, 2.45) is 0 Å². The molecule has 0 aliphatic heterocycles. The summed E-state index contributed by atoms with van der Waals surface area (Å²) in [6.07, 6.45) is -0.0144. The Labute approximate surface area is 101 Å². The van der Waals surface area contributed by atoms with Crippen LogP contribution in [0.5, 0.6) is 0 Å². The van der Waals surface area contributed by atoms with Crippen LogP contribution in [-0.4, -0.2) is 72.3 Å². The Bertz CT molecular complexity index is 163. The summed E-state index contributed by atoms with van der Waals surface area (Å²) in [7, 11) is 9.76. The molecule has 0 heterocycles. The molecule has 0 saturated heterocycles. The molecule has 0 spiro atoms. The van der Waals surface area contributed by atoms with Gasteiger partial charge in [-0.3, -0.25) is 0 Å². The highest BCUT2D eigenvalue weighted by atomic mass is 31.1. The topological polar surface area (TPSA) is 36.9 Å². The van der Waals surface area contributed by atoms with Crippen molar-refractivity contribution in [2.75, 3.05) is 61.7 Å². The fourth-order valence-electron chi connectivity index (χ4n) is 0.900. The van der Waals surface area contributed by atoms with Crippen LogP contribution in [0.15, 0.2) is 0 Å². The molecule has 0 saturated carbocycles. The first-order valence-electron chi connectivity index (χ1n) is 5.30. The molecule has 0 fully saturated rings. The smallest absolute Gasteiger partial charge is 0.155 e. The van der Waals surface area contributed by atoms with Gasteiger partial charge in [0.05, 0.1) is 34.4 Å². The highest BCUT2D eigenvalue weighted by Gasteiger charge is 2.08. The second kappa shape index (κ2) is 9.28. The van der Waals surface area contributed by atoms with E-state index in [4.69, 9.17) is 18.5 Å². The minimum atomic E-state index is -0.0144. The van der Waals surface area contributed by atoms with Gasteiger partial charge in [0.25, 0.3) is 0 Å². The predicted octanol–water partition coefficient (Wildman–Crippen LogP) is 0.896. The number of hydrogen-bond donors (Lipinski definition) is 0. The van der Waals surface area contributed by atoms with Crippen molar-refractivity contribution < 1.29 is 23.0 Å². The SMILES string of the molecule is COCC(COPOCC[N+](C)(C)C)OC. The zero-order chi connectivity index (χ0) is 12.4. The summed E-state index contributed by atoms with van der Waals surface area (Å²) >= 11 is 0. The van der Waals surface area contributed by atoms with E-state index in [2.05, 4.69) is 21.1 Å². The van der Waals surface area contributed by atoms with Crippen molar-refractivity contribution in [2.45, 2.75) is 6.10 Å². The van der Waals surface area contributed by atoms with E-state index in [1.165, 1.54) is 0 Å². The van der Waals surface area contributed by atoms with E-state index in [0.29, 0.717) is 19.8 Å². The van der Waals surface area contributed by atoms with Crippen molar-refractivity contribution in [1.29, 1.82) is 0 Å². The molecule has 16 heavy (non-hydrogen) atoms. The number of methoxy groups -OCH3 is 2. The Hall–Kier alpha value is 0.230. The lowest BCUT2D eigenvalue weighted by molar-refractivity contribution is -0.870. The number of hydrogen-bond acceptors (Lipinski definition) is 4. The van der Waals surface area contributed by atoms with E-state index in [1.807, 2.05) is 0 Å². The first-order chi connectivity index (χ1) is 7.49. The standard InChI is InChI=1S/C10H25NO4P/c1-11(2,3)6-7-14-16-15-9-10(13-5)8-12-4/h10,16H,6-9H2,1-5H3/q+1. The predicted molar refractivity (Wildman–Crippen MR) is 65.8 cm³/mol. The van der Waals surface area contributed by atoms with Gasteiger partial charge in [0.1, 0.15) is 19.3 Å². The number of likely N-dealkylation sites (N-methyl/N-ethyl adjacent to an activating group) is 1. The molecule has 5 nitrogen and oxygen atoms in total. The Morgan fingerprint density at radius 1 is 1.06 bits per heavy atom. The fraction of sp³-hybridized carbons (Fsp3) is 1.00. The minimum absolute atomic E-state index is 0.0144. The average molecular weight is 254 g/mol. The Morgan fingerprint density at radius 2 is 1.75 bits per heavy atom. The first-order valence-corrected chi connectivity index (χ1v) is 6.12. The van der Waals surface area contributed by atoms with Gasteiger partial charge >= 0.3 is 0 Å². The molecular formula is C10H25NO4P+. The molecule has 6 heteroatoms. The zero-order valence-electron chi connectivity index (χ0n) is 11.0. The van der Waals surface area contributed by atoms with Gasteiger partial charge in [-0.15, -0.1) is 0 Å². The molecule has 2 unspecified atom stereocenters. The van der Waals surface area contributed by atoms with Gasteiger partial charge in [0.2, 0.25) is 0 Å². The van der Waals surface area contributed by atoms with E-state index < -0.39 is 0 Å². The highest BCUT2D eigenvalue weighted by molar-refractivity contribution is 7.26. The van der Waals surface area contributed by atoms with Crippen molar-refractivity contribution in [3.8, 4) is 0 Å². The van der Waals surface area contributed by atoms with E-state index in [1.54, 1.807) is 14.2 Å². The van der Waals surface area contributed by atoms with Gasteiger partial charge in [-0.05, 0) is 0 Å². The van der Waals surface area contributed by atoms with Crippen molar-refractivity contribution >= 4 is 9.03 Å². The molecule has 98 valence electrons.